The Kier molecular flexibility index (Phi) is 5.77. The van der Waals surface area contributed by atoms with E-state index in [-0.39, 0.29) is 11.9 Å². The van der Waals surface area contributed by atoms with E-state index in [9.17, 15) is 4.39 Å². The van der Waals surface area contributed by atoms with E-state index < -0.39 is 0 Å². The lowest BCUT2D eigenvalue weighted by atomic mass is 10.0. The first-order valence-electron chi connectivity index (χ1n) is 8.23. The van der Waals surface area contributed by atoms with Gasteiger partial charge in [0, 0.05) is 18.6 Å². The van der Waals surface area contributed by atoms with Crippen molar-refractivity contribution >= 4 is 0 Å². The molecule has 0 amide bonds. The summed E-state index contributed by atoms with van der Waals surface area (Å²) >= 11 is 0. The van der Waals surface area contributed by atoms with Crippen molar-refractivity contribution in [1.29, 1.82) is 0 Å². The first-order valence-corrected chi connectivity index (χ1v) is 8.23. The standard InChI is InChI=1S/C18H29FN2/c1-13(2)8-10-21(16-6-7-16)11-9-18(20)15-5-4-14(3)17(19)12-15/h4-5,12-13,16,18H,6-11,20H2,1-3H3. The summed E-state index contributed by atoms with van der Waals surface area (Å²) in [4.78, 5) is 2.57. The summed E-state index contributed by atoms with van der Waals surface area (Å²) in [6.07, 6.45) is 4.79. The highest BCUT2D eigenvalue weighted by atomic mass is 19.1. The maximum absolute atomic E-state index is 13.6. The van der Waals surface area contributed by atoms with Gasteiger partial charge in [-0.3, -0.25) is 0 Å². The molecule has 0 bridgehead atoms. The van der Waals surface area contributed by atoms with Gasteiger partial charge in [-0.2, -0.15) is 0 Å². The maximum Gasteiger partial charge on any atom is 0.126 e. The molecule has 1 atom stereocenters. The van der Waals surface area contributed by atoms with Crippen molar-refractivity contribution in [3.8, 4) is 0 Å². The van der Waals surface area contributed by atoms with E-state index in [1.54, 1.807) is 13.0 Å². The molecular weight excluding hydrogens is 263 g/mol. The minimum Gasteiger partial charge on any atom is -0.324 e. The second-order valence-electron chi connectivity index (χ2n) is 6.85. The fraction of sp³-hybridized carbons (Fsp3) is 0.667. The second-order valence-corrected chi connectivity index (χ2v) is 6.85. The lowest BCUT2D eigenvalue weighted by Gasteiger charge is -2.24. The van der Waals surface area contributed by atoms with Gasteiger partial charge in [-0.05, 0) is 62.3 Å². The Hall–Kier alpha value is -0.930. The Balaban J connectivity index is 1.85. The van der Waals surface area contributed by atoms with Crippen LogP contribution >= 0.6 is 0 Å². The van der Waals surface area contributed by atoms with Crippen LogP contribution in [0.25, 0.3) is 0 Å². The smallest absolute Gasteiger partial charge is 0.126 e. The van der Waals surface area contributed by atoms with Crippen molar-refractivity contribution in [3.63, 3.8) is 0 Å². The highest BCUT2D eigenvalue weighted by molar-refractivity contribution is 5.25. The van der Waals surface area contributed by atoms with Gasteiger partial charge < -0.3 is 10.6 Å². The molecule has 2 rings (SSSR count). The Labute approximate surface area is 128 Å². The van der Waals surface area contributed by atoms with Crippen molar-refractivity contribution in [2.75, 3.05) is 13.1 Å². The van der Waals surface area contributed by atoms with Crippen LogP contribution in [0.15, 0.2) is 18.2 Å². The van der Waals surface area contributed by atoms with Crippen LogP contribution in [0.3, 0.4) is 0 Å². The first-order chi connectivity index (χ1) is 9.97. The molecule has 2 N–H and O–H groups in total. The molecule has 1 aliphatic carbocycles. The van der Waals surface area contributed by atoms with Gasteiger partial charge in [0.05, 0.1) is 0 Å². The van der Waals surface area contributed by atoms with Crippen LogP contribution in [0, 0.1) is 18.7 Å². The fourth-order valence-corrected chi connectivity index (χ4v) is 2.65. The number of hydrogen-bond donors (Lipinski definition) is 1. The van der Waals surface area contributed by atoms with E-state index >= 15 is 0 Å². The minimum atomic E-state index is -0.151. The third-order valence-electron chi connectivity index (χ3n) is 4.41. The van der Waals surface area contributed by atoms with Gasteiger partial charge >= 0.3 is 0 Å². The molecule has 3 heteroatoms. The fourth-order valence-electron chi connectivity index (χ4n) is 2.65. The molecule has 1 aliphatic rings. The number of rotatable bonds is 8. The van der Waals surface area contributed by atoms with E-state index in [4.69, 9.17) is 5.73 Å². The van der Waals surface area contributed by atoms with Gasteiger partial charge in [0.25, 0.3) is 0 Å². The maximum atomic E-state index is 13.6. The van der Waals surface area contributed by atoms with Crippen LogP contribution in [0.5, 0.6) is 0 Å². The van der Waals surface area contributed by atoms with Crippen molar-refractivity contribution in [2.24, 2.45) is 11.7 Å². The van der Waals surface area contributed by atoms with Crippen LogP contribution in [-0.2, 0) is 0 Å². The molecule has 1 saturated carbocycles. The molecule has 1 aromatic rings. The highest BCUT2D eigenvalue weighted by Crippen LogP contribution is 2.28. The Bertz CT molecular complexity index is 455. The normalized spacial score (nSPS) is 16.7. The molecule has 1 unspecified atom stereocenters. The van der Waals surface area contributed by atoms with E-state index in [2.05, 4.69) is 18.7 Å². The molecule has 0 radical (unpaired) electrons. The summed E-state index contributed by atoms with van der Waals surface area (Å²) in [5, 5.41) is 0. The summed E-state index contributed by atoms with van der Waals surface area (Å²) in [5.74, 6) is 0.591. The van der Waals surface area contributed by atoms with Gasteiger partial charge in [-0.25, -0.2) is 4.39 Å². The van der Waals surface area contributed by atoms with Gasteiger partial charge in [0.2, 0.25) is 0 Å². The second kappa shape index (κ2) is 7.37. The molecule has 0 heterocycles. The molecule has 0 aromatic heterocycles. The van der Waals surface area contributed by atoms with Crippen molar-refractivity contribution in [2.45, 2.75) is 58.5 Å². The van der Waals surface area contributed by atoms with Crippen molar-refractivity contribution in [1.82, 2.24) is 4.90 Å². The Morgan fingerprint density at radius 2 is 1.90 bits per heavy atom. The molecular formula is C18H29FN2. The predicted molar refractivity (Wildman–Crippen MR) is 86.7 cm³/mol. The lowest BCUT2D eigenvalue weighted by molar-refractivity contribution is 0.239. The summed E-state index contributed by atoms with van der Waals surface area (Å²) in [5.41, 5.74) is 7.84. The summed E-state index contributed by atoms with van der Waals surface area (Å²) < 4.78 is 13.6. The molecule has 1 aromatic carbocycles. The monoisotopic (exact) mass is 292 g/mol. The van der Waals surface area contributed by atoms with Crippen molar-refractivity contribution < 1.29 is 4.39 Å². The number of nitrogens with two attached hydrogens (primary N) is 1. The van der Waals surface area contributed by atoms with Crippen LogP contribution in [-0.4, -0.2) is 24.0 Å². The van der Waals surface area contributed by atoms with Gasteiger partial charge in [-0.1, -0.05) is 26.0 Å². The lowest BCUT2D eigenvalue weighted by Crippen LogP contribution is -2.31. The number of hydrogen-bond acceptors (Lipinski definition) is 2. The summed E-state index contributed by atoms with van der Waals surface area (Å²) in [6, 6.07) is 6.07. The van der Waals surface area contributed by atoms with E-state index in [1.807, 2.05) is 12.1 Å². The van der Waals surface area contributed by atoms with Gasteiger partial charge in [0.15, 0.2) is 0 Å². The number of nitrogens with zero attached hydrogens (tertiary/aromatic N) is 1. The molecule has 118 valence electrons. The zero-order chi connectivity index (χ0) is 15.4. The van der Waals surface area contributed by atoms with Crippen LogP contribution < -0.4 is 5.73 Å². The van der Waals surface area contributed by atoms with Crippen molar-refractivity contribution in [3.05, 3.63) is 35.1 Å². The van der Waals surface area contributed by atoms with E-state index in [0.29, 0.717) is 5.56 Å². The molecule has 21 heavy (non-hydrogen) atoms. The third-order valence-corrected chi connectivity index (χ3v) is 4.41. The summed E-state index contributed by atoms with van der Waals surface area (Å²) in [6.45, 7) is 8.51. The topological polar surface area (TPSA) is 29.3 Å². The first kappa shape index (κ1) is 16.4. The number of halogens is 1. The highest BCUT2D eigenvalue weighted by Gasteiger charge is 2.28. The minimum absolute atomic E-state index is 0.0691. The zero-order valence-electron chi connectivity index (χ0n) is 13.6. The van der Waals surface area contributed by atoms with Crippen LogP contribution in [0.1, 0.15) is 56.7 Å². The molecule has 0 saturated heterocycles. The average molecular weight is 292 g/mol. The van der Waals surface area contributed by atoms with Gasteiger partial charge in [0.1, 0.15) is 5.82 Å². The predicted octanol–water partition coefficient (Wildman–Crippen LogP) is 4.03. The molecule has 2 nitrogen and oxygen atoms in total. The quantitative estimate of drug-likeness (QED) is 0.783. The summed E-state index contributed by atoms with van der Waals surface area (Å²) in [7, 11) is 0. The number of aryl methyl sites for hydroxylation is 1. The Morgan fingerprint density at radius 3 is 2.48 bits per heavy atom. The van der Waals surface area contributed by atoms with Crippen LogP contribution in [0.4, 0.5) is 4.39 Å². The average Bonchev–Trinajstić information content (AvgIpc) is 3.26. The molecule has 0 aliphatic heterocycles. The zero-order valence-corrected chi connectivity index (χ0v) is 13.6. The number of benzene rings is 1. The molecule has 1 fully saturated rings. The van der Waals surface area contributed by atoms with Crippen LogP contribution in [0.2, 0.25) is 0 Å². The van der Waals surface area contributed by atoms with E-state index in [1.165, 1.54) is 19.3 Å². The SMILES string of the molecule is Cc1ccc(C(N)CCN(CCC(C)C)C2CC2)cc1F. The largest absolute Gasteiger partial charge is 0.324 e. The third kappa shape index (κ3) is 5.08. The Morgan fingerprint density at radius 1 is 1.24 bits per heavy atom. The molecule has 0 spiro atoms. The van der Waals surface area contributed by atoms with E-state index in [0.717, 1.165) is 37.0 Å². The van der Waals surface area contributed by atoms with Gasteiger partial charge in [-0.15, -0.1) is 0 Å².